The molecule has 2 aromatic rings. The second kappa shape index (κ2) is 4.26. The van der Waals surface area contributed by atoms with Crippen molar-refractivity contribution < 1.29 is 0 Å². The highest BCUT2D eigenvalue weighted by molar-refractivity contribution is 5.64. The minimum absolute atomic E-state index is 0.874. The molecule has 2 heterocycles. The summed E-state index contributed by atoms with van der Waals surface area (Å²) in [4.78, 5) is 8.81. The van der Waals surface area contributed by atoms with E-state index in [1.807, 2.05) is 0 Å². The van der Waals surface area contributed by atoms with E-state index in [1.165, 1.54) is 22.4 Å². The van der Waals surface area contributed by atoms with Gasteiger partial charge in [-0.25, -0.2) is 9.97 Å². The predicted molar refractivity (Wildman–Crippen MR) is 67.6 cm³/mol. The van der Waals surface area contributed by atoms with Gasteiger partial charge in [0.25, 0.3) is 0 Å². The summed E-state index contributed by atoms with van der Waals surface area (Å²) < 4.78 is 0. The number of hydrogen-bond acceptors (Lipinski definition) is 3. The molecule has 1 aromatic heterocycles. The molecule has 0 spiro atoms. The number of rotatable bonds is 1. The molecule has 1 aliphatic rings. The van der Waals surface area contributed by atoms with Crippen LogP contribution in [0.2, 0.25) is 0 Å². The fraction of sp³-hybridized carbons (Fsp3) is 0.286. The first-order valence-electron chi connectivity index (χ1n) is 5.95. The second-order valence-electron chi connectivity index (χ2n) is 4.44. The lowest BCUT2D eigenvalue weighted by molar-refractivity contribution is 0.627. The van der Waals surface area contributed by atoms with Gasteiger partial charge in [-0.2, -0.15) is 0 Å². The Morgan fingerprint density at radius 2 is 1.94 bits per heavy atom. The molecule has 0 radical (unpaired) electrons. The molecule has 0 bridgehead atoms. The Hall–Kier alpha value is -1.74. The summed E-state index contributed by atoms with van der Waals surface area (Å²) in [5, 5.41) is 3.38. The van der Waals surface area contributed by atoms with Crippen LogP contribution in [0.5, 0.6) is 0 Å². The molecule has 17 heavy (non-hydrogen) atoms. The topological polar surface area (TPSA) is 37.8 Å². The average Bonchev–Trinajstić information content (AvgIpc) is 2.39. The van der Waals surface area contributed by atoms with Crippen LogP contribution in [-0.2, 0) is 13.0 Å². The van der Waals surface area contributed by atoms with Gasteiger partial charge in [-0.15, -0.1) is 0 Å². The zero-order valence-electron chi connectivity index (χ0n) is 9.90. The minimum Gasteiger partial charge on any atom is -0.312 e. The van der Waals surface area contributed by atoms with Crippen molar-refractivity contribution in [1.82, 2.24) is 15.3 Å². The molecule has 0 saturated heterocycles. The zero-order valence-corrected chi connectivity index (χ0v) is 9.90. The average molecular weight is 225 g/mol. The van der Waals surface area contributed by atoms with E-state index in [4.69, 9.17) is 0 Å². The maximum Gasteiger partial charge on any atom is 0.116 e. The Bertz CT molecular complexity index is 532. The van der Waals surface area contributed by atoms with Crippen LogP contribution in [0.3, 0.4) is 0 Å². The highest BCUT2D eigenvalue weighted by atomic mass is 14.9. The lowest BCUT2D eigenvalue weighted by Gasteiger charge is -2.18. The Labute approximate surface area is 101 Å². The van der Waals surface area contributed by atoms with Crippen LogP contribution in [0.25, 0.3) is 11.3 Å². The third-order valence-electron chi connectivity index (χ3n) is 3.20. The molecule has 86 valence electrons. The van der Waals surface area contributed by atoms with Gasteiger partial charge in [-0.05, 0) is 6.92 Å². The monoisotopic (exact) mass is 225 g/mol. The molecule has 0 unspecified atom stereocenters. The first-order chi connectivity index (χ1) is 8.34. The molecular weight excluding hydrogens is 210 g/mol. The van der Waals surface area contributed by atoms with Gasteiger partial charge in [0.2, 0.25) is 0 Å². The number of benzene rings is 1. The minimum atomic E-state index is 0.874. The Balaban J connectivity index is 2.11. The highest BCUT2D eigenvalue weighted by Crippen LogP contribution is 2.24. The number of aryl methyl sites for hydroxylation is 1. The quantitative estimate of drug-likeness (QED) is 0.807. The van der Waals surface area contributed by atoms with Crippen molar-refractivity contribution in [2.45, 2.75) is 19.9 Å². The van der Waals surface area contributed by atoms with Crippen molar-refractivity contribution in [2.75, 3.05) is 6.54 Å². The van der Waals surface area contributed by atoms with Crippen molar-refractivity contribution in [3.63, 3.8) is 0 Å². The fourth-order valence-electron chi connectivity index (χ4n) is 2.23. The smallest absolute Gasteiger partial charge is 0.116 e. The van der Waals surface area contributed by atoms with E-state index in [2.05, 4.69) is 46.5 Å². The molecule has 1 N–H and O–H groups in total. The summed E-state index contributed by atoms with van der Waals surface area (Å²) in [6.07, 6.45) is 2.68. The largest absolute Gasteiger partial charge is 0.312 e. The zero-order chi connectivity index (χ0) is 11.7. The molecule has 1 aromatic carbocycles. The summed E-state index contributed by atoms with van der Waals surface area (Å²) in [6.45, 7) is 3.98. The van der Waals surface area contributed by atoms with Gasteiger partial charge in [-0.3, -0.25) is 0 Å². The molecule has 0 fully saturated rings. The highest BCUT2D eigenvalue weighted by Gasteiger charge is 2.15. The van der Waals surface area contributed by atoms with E-state index in [-0.39, 0.29) is 0 Å². The maximum absolute atomic E-state index is 4.44. The molecule has 3 rings (SSSR count). The van der Waals surface area contributed by atoms with Crippen molar-refractivity contribution in [3.05, 3.63) is 47.4 Å². The Morgan fingerprint density at radius 1 is 1.12 bits per heavy atom. The first kappa shape index (κ1) is 10.4. The first-order valence-corrected chi connectivity index (χ1v) is 5.95. The number of nitrogens with one attached hydrogen (secondary N) is 1. The molecular formula is C14H15N3. The molecule has 0 saturated carbocycles. The van der Waals surface area contributed by atoms with Crippen LogP contribution in [0.1, 0.15) is 16.8 Å². The van der Waals surface area contributed by atoms with Gasteiger partial charge in [0.15, 0.2) is 0 Å². The van der Waals surface area contributed by atoms with Crippen molar-refractivity contribution in [1.29, 1.82) is 0 Å². The number of aromatic nitrogens is 2. The standard InChI is InChI=1S/C14H15N3/c1-10-2-4-11(5-3-10)14-12-8-15-7-6-13(12)16-9-17-14/h2-5,9,15H,6-8H2,1H3. The van der Waals surface area contributed by atoms with Gasteiger partial charge in [0.1, 0.15) is 6.33 Å². The van der Waals surface area contributed by atoms with Crippen LogP contribution < -0.4 is 5.32 Å². The number of fused-ring (bicyclic) bond motifs is 1. The summed E-state index contributed by atoms with van der Waals surface area (Å²) in [7, 11) is 0. The van der Waals surface area contributed by atoms with E-state index < -0.39 is 0 Å². The van der Waals surface area contributed by atoms with Crippen LogP contribution in [0, 0.1) is 6.92 Å². The van der Waals surface area contributed by atoms with Gasteiger partial charge >= 0.3 is 0 Å². The van der Waals surface area contributed by atoms with Gasteiger partial charge < -0.3 is 5.32 Å². The molecule has 1 aliphatic heterocycles. The molecule has 0 atom stereocenters. The van der Waals surface area contributed by atoms with Crippen molar-refractivity contribution >= 4 is 0 Å². The fourth-order valence-corrected chi connectivity index (χ4v) is 2.23. The van der Waals surface area contributed by atoms with Crippen LogP contribution in [0.4, 0.5) is 0 Å². The van der Waals surface area contributed by atoms with Gasteiger partial charge in [-0.1, -0.05) is 29.8 Å². The normalized spacial score (nSPS) is 14.4. The second-order valence-corrected chi connectivity index (χ2v) is 4.44. The summed E-state index contributed by atoms with van der Waals surface area (Å²) in [5.74, 6) is 0. The number of hydrogen-bond donors (Lipinski definition) is 1. The molecule has 0 amide bonds. The third-order valence-corrected chi connectivity index (χ3v) is 3.20. The lowest BCUT2D eigenvalue weighted by atomic mass is 10.00. The predicted octanol–water partition coefficient (Wildman–Crippen LogP) is 2.10. The Kier molecular flexibility index (Phi) is 2.61. The summed E-state index contributed by atoms with van der Waals surface area (Å²) >= 11 is 0. The lowest BCUT2D eigenvalue weighted by Crippen LogP contribution is -2.25. The van der Waals surface area contributed by atoms with E-state index >= 15 is 0 Å². The van der Waals surface area contributed by atoms with Gasteiger partial charge in [0, 0.05) is 30.6 Å². The van der Waals surface area contributed by atoms with E-state index in [1.54, 1.807) is 6.33 Å². The molecule has 3 nitrogen and oxygen atoms in total. The maximum atomic E-state index is 4.44. The van der Waals surface area contributed by atoms with Crippen LogP contribution in [0.15, 0.2) is 30.6 Å². The van der Waals surface area contributed by atoms with Crippen molar-refractivity contribution in [3.8, 4) is 11.3 Å². The van der Waals surface area contributed by atoms with E-state index in [0.29, 0.717) is 0 Å². The summed E-state index contributed by atoms with van der Waals surface area (Å²) in [6, 6.07) is 8.51. The molecule has 0 aliphatic carbocycles. The molecule has 3 heteroatoms. The van der Waals surface area contributed by atoms with Crippen LogP contribution >= 0.6 is 0 Å². The van der Waals surface area contributed by atoms with E-state index in [0.717, 1.165) is 25.2 Å². The third kappa shape index (κ3) is 1.94. The van der Waals surface area contributed by atoms with Crippen molar-refractivity contribution in [2.24, 2.45) is 0 Å². The van der Waals surface area contributed by atoms with Gasteiger partial charge in [0.05, 0.1) is 11.4 Å². The SMILES string of the molecule is Cc1ccc(-c2ncnc3c2CNCC3)cc1. The number of nitrogens with zero attached hydrogens (tertiary/aromatic N) is 2. The Morgan fingerprint density at radius 3 is 2.76 bits per heavy atom. The van der Waals surface area contributed by atoms with Crippen LogP contribution in [-0.4, -0.2) is 16.5 Å². The summed E-state index contributed by atoms with van der Waals surface area (Å²) in [5.41, 5.74) is 5.96. The van der Waals surface area contributed by atoms with E-state index in [9.17, 15) is 0 Å².